The van der Waals surface area contributed by atoms with Crippen LogP contribution in [0.5, 0.6) is 0 Å². The van der Waals surface area contributed by atoms with Gasteiger partial charge in [-0.3, -0.25) is 9.59 Å². The highest BCUT2D eigenvalue weighted by molar-refractivity contribution is 6.01. The Morgan fingerprint density at radius 3 is 2.54 bits per heavy atom. The topological polar surface area (TPSA) is 40.6 Å². The molecule has 1 saturated carbocycles. The molecule has 4 heteroatoms. The van der Waals surface area contributed by atoms with Gasteiger partial charge < -0.3 is 9.80 Å². The van der Waals surface area contributed by atoms with Gasteiger partial charge in [0.25, 0.3) is 0 Å². The van der Waals surface area contributed by atoms with Crippen LogP contribution >= 0.6 is 0 Å². The van der Waals surface area contributed by atoms with Crippen molar-refractivity contribution in [3.8, 4) is 0 Å². The number of hydrogen-bond acceptors (Lipinski definition) is 2. The summed E-state index contributed by atoms with van der Waals surface area (Å²) in [6.07, 6.45) is 7.43. The average Bonchev–Trinajstić information content (AvgIpc) is 3.02. The highest BCUT2D eigenvalue weighted by atomic mass is 16.2. The highest BCUT2D eigenvalue weighted by Crippen LogP contribution is 2.29. The molecule has 2 fully saturated rings. The van der Waals surface area contributed by atoms with Crippen LogP contribution in [0.1, 0.15) is 44.1 Å². The molecule has 4 nitrogen and oxygen atoms in total. The Bertz CT molecular complexity index is 566. The first-order valence-electron chi connectivity index (χ1n) is 9.26. The lowest BCUT2D eigenvalue weighted by molar-refractivity contribution is -0.143. The summed E-state index contributed by atoms with van der Waals surface area (Å²) >= 11 is 0. The smallest absolute Gasteiger partial charge is 0.235 e. The minimum Gasteiger partial charge on any atom is -0.345 e. The lowest BCUT2D eigenvalue weighted by Gasteiger charge is -2.31. The number of rotatable bonds is 5. The summed E-state index contributed by atoms with van der Waals surface area (Å²) in [7, 11) is 1.82. The largest absolute Gasteiger partial charge is 0.345 e. The number of likely N-dealkylation sites (tertiary alicyclic amines) is 1. The molecule has 24 heavy (non-hydrogen) atoms. The van der Waals surface area contributed by atoms with E-state index in [1.165, 1.54) is 24.8 Å². The second kappa shape index (κ2) is 7.82. The zero-order valence-electron chi connectivity index (χ0n) is 14.6. The standard InChI is InChI=1S/C20H28N2O2/c1-21(14-12-16-8-4-2-5-9-16)19(23)18-13-15-22(20(18)24)17-10-6-3-7-11-17/h2,4-5,8-9,17-18H,3,6-7,10-15H2,1H3. The quantitative estimate of drug-likeness (QED) is 0.780. The molecule has 1 aliphatic carbocycles. The molecular weight excluding hydrogens is 300 g/mol. The van der Waals surface area contributed by atoms with E-state index >= 15 is 0 Å². The summed E-state index contributed by atoms with van der Waals surface area (Å²) in [5.74, 6) is -0.389. The normalized spacial score (nSPS) is 22.0. The van der Waals surface area contributed by atoms with Gasteiger partial charge in [0.15, 0.2) is 0 Å². The lowest BCUT2D eigenvalue weighted by Crippen LogP contribution is -2.42. The molecule has 1 aliphatic heterocycles. The first-order valence-corrected chi connectivity index (χ1v) is 9.26. The van der Waals surface area contributed by atoms with Crippen LogP contribution in [0.2, 0.25) is 0 Å². The summed E-state index contributed by atoms with van der Waals surface area (Å²) in [5.41, 5.74) is 1.22. The van der Waals surface area contributed by atoms with Gasteiger partial charge in [-0.05, 0) is 31.2 Å². The molecule has 130 valence electrons. The van der Waals surface area contributed by atoms with E-state index in [0.717, 1.165) is 25.8 Å². The van der Waals surface area contributed by atoms with Crippen LogP contribution in [0.4, 0.5) is 0 Å². The number of amides is 2. The molecule has 1 atom stereocenters. The minimum absolute atomic E-state index is 0.00533. The van der Waals surface area contributed by atoms with E-state index in [9.17, 15) is 9.59 Å². The predicted molar refractivity (Wildman–Crippen MR) is 94.5 cm³/mol. The molecule has 1 aromatic carbocycles. The van der Waals surface area contributed by atoms with Crippen molar-refractivity contribution in [2.45, 2.75) is 51.0 Å². The van der Waals surface area contributed by atoms with E-state index in [1.54, 1.807) is 4.90 Å². The fourth-order valence-corrected chi connectivity index (χ4v) is 4.00. The first-order chi connectivity index (χ1) is 11.7. The monoisotopic (exact) mass is 328 g/mol. The van der Waals surface area contributed by atoms with E-state index < -0.39 is 5.92 Å². The van der Waals surface area contributed by atoms with E-state index in [2.05, 4.69) is 12.1 Å². The molecule has 2 aliphatic rings. The molecule has 0 N–H and O–H groups in total. The second-order valence-corrected chi connectivity index (χ2v) is 7.16. The van der Waals surface area contributed by atoms with Gasteiger partial charge in [0.2, 0.25) is 11.8 Å². The molecule has 0 aromatic heterocycles. The van der Waals surface area contributed by atoms with Gasteiger partial charge >= 0.3 is 0 Å². The van der Waals surface area contributed by atoms with Gasteiger partial charge in [0.1, 0.15) is 5.92 Å². The number of hydrogen-bond donors (Lipinski definition) is 0. The Balaban J connectivity index is 1.53. The third-order valence-electron chi connectivity index (χ3n) is 5.51. The van der Waals surface area contributed by atoms with Gasteiger partial charge in [0.05, 0.1) is 0 Å². The molecule has 0 bridgehead atoms. The van der Waals surface area contributed by atoms with E-state index in [0.29, 0.717) is 19.0 Å². The zero-order valence-corrected chi connectivity index (χ0v) is 14.6. The van der Waals surface area contributed by atoms with Crippen molar-refractivity contribution in [3.63, 3.8) is 0 Å². The van der Waals surface area contributed by atoms with Crippen LogP contribution in [-0.4, -0.2) is 47.8 Å². The van der Waals surface area contributed by atoms with Crippen LogP contribution < -0.4 is 0 Å². The van der Waals surface area contributed by atoms with Crippen molar-refractivity contribution < 1.29 is 9.59 Å². The maximum absolute atomic E-state index is 12.7. The molecule has 2 amide bonds. The van der Waals surface area contributed by atoms with E-state index in [1.807, 2.05) is 30.1 Å². The van der Waals surface area contributed by atoms with Crippen LogP contribution in [-0.2, 0) is 16.0 Å². The van der Waals surface area contributed by atoms with E-state index in [4.69, 9.17) is 0 Å². The van der Waals surface area contributed by atoms with Gasteiger partial charge in [-0.15, -0.1) is 0 Å². The minimum atomic E-state index is -0.451. The Labute approximate surface area is 144 Å². The predicted octanol–water partition coefficient (Wildman–Crippen LogP) is 2.87. The van der Waals surface area contributed by atoms with E-state index in [-0.39, 0.29) is 11.8 Å². The van der Waals surface area contributed by atoms with Crippen LogP contribution in [0.15, 0.2) is 30.3 Å². The van der Waals surface area contributed by atoms with Crippen molar-refractivity contribution in [1.29, 1.82) is 0 Å². The van der Waals surface area contributed by atoms with Gasteiger partial charge in [-0.25, -0.2) is 0 Å². The van der Waals surface area contributed by atoms with Crippen molar-refractivity contribution in [2.75, 3.05) is 20.1 Å². The van der Waals surface area contributed by atoms with Crippen molar-refractivity contribution in [3.05, 3.63) is 35.9 Å². The summed E-state index contributed by atoms with van der Waals surface area (Å²) in [6, 6.07) is 10.5. The highest BCUT2D eigenvalue weighted by Gasteiger charge is 2.41. The molecule has 0 radical (unpaired) electrons. The molecule has 1 aromatic rings. The van der Waals surface area contributed by atoms with Crippen LogP contribution in [0.3, 0.4) is 0 Å². The number of benzene rings is 1. The van der Waals surface area contributed by atoms with Crippen molar-refractivity contribution in [1.82, 2.24) is 9.80 Å². The Morgan fingerprint density at radius 1 is 1.12 bits per heavy atom. The third kappa shape index (κ3) is 3.80. The summed E-state index contributed by atoms with van der Waals surface area (Å²) in [4.78, 5) is 29.1. The first kappa shape index (κ1) is 17.0. The van der Waals surface area contributed by atoms with Gasteiger partial charge in [-0.2, -0.15) is 0 Å². The molecule has 3 rings (SSSR count). The number of nitrogens with zero attached hydrogens (tertiary/aromatic N) is 2. The number of carbonyl (C=O) groups is 2. The van der Waals surface area contributed by atoms with Crippen molar-refractivity contribution >= 4 is 11.8 Å². The Kier molecular flexibility index (Phi) is 5.54. The van der Waals surface area contributed by atoms with Gasteiger partial charge in [0, 0.05) is 26.2 Å². The fraction of sp³-hybridized carbons (Fsp3) is 0.600. The molecular formula is C20H28N2O2. The van der Waals surface area contributed by atoms with Gasteiger partial charge in [-0.1, -0.05) is 49.6 Å². The Hall–Kier alpha value is -1.84. The lowest BCUT2D eigenvalue weighted by atomic mass is 9.94. The zero-order chi connectivity index (χ0) is 16.9. The third-order valence-corrected chi connectivity index (χ3v) is 5.51. The number of carbonyl (C=O) groups excluding carboxylic acids is 2. The maximum Gasteiger partial charge on any atom is 0.235 e. The summed E-state index contributed by atoms with van der Waals surface area (Å²) in [5, 5.41) is 0. The second-order valence-electron chi connectivity index (χ2n) is 7.16. The molecule has 1 saturated heterocycles. The van der Waals surface area contributed by atoms with Crippen molar-refractivity contribution in [2.24, 2.45) is 5.92 Å². The van der Waals surface area contributed by atoms with Crippen LogP contribution in [0, 0.1) is 5.92 Å². The molecule has 1 heterocycles. The Morgan fingerprint density at radius 2 is 1.83 bits per heavy atom. The van der Waals surface area contributed by atoms with Crippen LogP contribution in [0.25, 0.3) is 0 Å². The SMILES string of the molecule is CN(CCc1ccccc1)C(=O)C1CCN(C2CCCCC2)C1=O. The average molecular weight is 328 g/mol. The molecule has 0 spiro atoms. The summed E-state index contributed by atoms with van der Waals surface area (Å²) < 4.78 is 0. The fourth-order valence-electron chi connectivity index (χ4n) is 4.00. The number of likely N-dealkylation sites (N-methyl/N-ethyl adjacent to an activating group) is 1. The summed E-state index contributed by atoms with van der Waals surface area (Å²) in [6.45, 7) is 1.42. The molecule has 1 unspecified atom stereocenters. The maximum atomic E-state index is 12.7.